The highest BCUT2D eigenvalue weighted by Gasteiger charge is 2.21. The van der Waals surface area contributed by atoms with Crippen molar-refractivity contribution in [3.8, 4) is 11.1 Å². The number of anilines is 1. The van der Waals surface area contributed by atoms with E-state index in [1.807, 2.05) is 57.7 Å². The Morgan fingerprint density at radius 3 is 2.66 bits per heavy atom. The van der Waals surface area contributed by atoms with Gasteiger partial charge in [0.2, 0.25) is 0 Å². The van der Waals surface area contributed by atoms with Gasteiger partial charge in [0.15, 0.2) is 0 Å². The molecule has 0 aliphatic heterocycles. The summed E-state index contributed by atoms with van der Waals surface area (Å²) in [7, 11) is 6.01. The molecule has 0 bridgehead atoms. The lowest BCUT2D eigenvalue weighted by Gasteiger charge is -2.24. The molecule has 0 unspecified atom stereocenters. The molecule has 4 aromatic rings. The third-order valence-corrected chi connectivity index (χ3v) is 5.12. The number of primary amides is 1. The molecule has 29 heavy (non-hydrogen) atoms. The Labute approximate surface area is 169 Å². The molecule has 4 rings (SSSR count). The predicted molar refractivity (Wildman–Crippen MR) is 117 cm³/mol. The molecule has 3 N–H and O–H groups in total. The molecule has 2 aromatic heterocycles. The van der Waals surface area contributed by atoms with Crippen LogP contribution in [-0.2, 0) is 0 Å². The molecule has 0 fully saturated rings. The molecule has 2 heterocycles. The molecule has 0 aliphatic rings. The lowest BCUT2D eigenvalue weighted by Crippen LogP contribution is -2.30. The number of nitrogens with zero attached hydrogens (tertiary/aromatic N) is 4. The summed E-state index contributed by atoms with van der Waals surface area (Å²) in [5.41, 5.74) is 11.1. The van der Waals surface area contributed by atoms with E-state index in [1.54, 1.807) is 6.33 Å². The maximum Gasteiger partial charge on any atom is 0.253 e. The number of benzene rings is 2. The fourth-order valence-corrected chi connectivity index (χ4v) is 3.55. The molecular weight excluding hydrogens is 364 g/mol. The van der Waals surface area contributed by atoms with Crippen LogP contribution in [0.25, 0.3) is 33.1 Å². The Morgan fingerprint density at radius 2 is 1.90 bits per heavy atom. The maximum atomic E-state index is 12.3. The number of carbonyl (C=O) groups excluding carboxylic acids is 1. The van der Waals surface area contributed by atoms with Crippen molar-refractivity contribution in [3.05, 3.63) is 54.5 Å². The number of likely N-dealkylation sites (N-methyl/N-ethyl adjacent to an activating group) is 2. The van der Waals surface area contributed by atoms with Crippen molar-refractivity contribution in [3.63, 3.8) is 0 Å². The van der Waals surface area contributed by atoms with Gasteiger partial charge in [-0.05, 0) is 32.3 Å². The topological polar surface area (TPSA) is 91.1 Å². The molecular formula is C22H24N6O. The highest BCUT2D eigenvalue weighted by atomic mass is 16.1. The van der Waals surface area contributed by atoms with Gasteiger partial charge in [0.05, 0.1) is 34.1 Å². The second-order valence-electron chi connectivity index (χ2n) is 7.45. The Balaban J connectivity index is 1.92. The first-order valence-corrected chi connectivity index (χ1v) is 9.46. The van der Waals surface area contributed by atoms with Gasteiger partial charge in [-0.25, -0.2) is 4.98 Å². The first-order chi connectivity index (χ1) is 14.0. The summed E-state index contributed by atoms with van der Waals surface area (Å²) in [6.45, 7) is 1.60. The highest BCUT2D eigenvalue weighted by molar-refractivity contribution is 6.13. The van der Waals surface area contributed by atoms with Crippen LogP contribution in [0, 0.1) is 0 Å². The van der Waals surface area contributed by atoms with Gasteiger partial charge in [-0.15, -0.1) is 0 Å². The van der Waals surface area contributed by atoms with Gasteiger partial charge < -0.3 is 20.5 Å². The quantitative estimate of drug-likeness (QED) is 0.530. The number of H-pyrrole nitrogens is 1. The fourth-order valence-electron chi connectivity index (χ4n) is 3.55. The summed E-state index contributed by atoms with van der Waals surface area (Å²) in [4.78, 5) is 28.7. The van der Waals surface area contributed by atoms with Gasteiger partial charge in [-0.2, -0.15) is 0 Å². The van der Waals surface area contributed by atoms with Crippen LogP contribution in [0.5, 0.6) is 0 Å². The van der Waals surface area contributed by atoms with E-state index in [-0.39, 0.29) is 0 Å². The van der Waals surface area contributed by atoms with E-state index in [9.17, 15) is 4.79 Å². The zero-order chi connectivity index (χ0) is 20.5. The lowest BCUT2D eigenvalue weighted by atomic mass is 9.99. The van der Waals surface area contributed by atoms with Crippen molar-refractivity contribution in [1.29, 1.82) is 0 Å². The average Bonchev–Trinajstić information content (AvgIpc) is 3.19. The van der Waals surface area contributed by atoms with Gasteiger partial charge in [-0.3, -0.25) is 9.78 Å². The Morgan fingerprint density at radius 1 is 1.10 bits per heavy atom. The Kier molecular flexibility index (Phi) is 4.90. The van der Waals surface area contributed by atoms with Crippen LogP contribution in [0.2, 0.25) is 0 Å². The van der Waals surface area contributed by atoms with E-state index in [1.165, 1.54) is 0 Å². The molecule has 2 aromatic carbocycles. The number of hydrogen-bond acceptors (Lipinski definition) is 5. The summed E-state index contributed by atoms with van der Waals surface area (Å²) < 4.78 is 0. The van der Waals surface area contributed by atoms with Crippen LogP contribution in [0.3, 0.4) is 0 Å². The minimum Gasteiger partial charge on any atom is -0.373 e. The Hall–Kier alpha value is -3.45. The predicted octanol–water partition coefficient (Wildman–Crippen LogP) is 2.87. The van der Waals surface area contributed by atoms with Crippen LogP contribution >= 0.6 is 0 Å². The summed E-state index contributed by atoms with van der Waals surface area (Å²) in [5.74, 6) is -0.478. The first-order valence-electron chi connectivity index (χ1n) is 9.46. The molecule has 148 valence electrons. The second kappa shape index (κ2) is 7.52. The standard InChI is InChI=1S/C22H24N6O/c1-27(2)8-9-28(3)18-11-16(20-21(26-13-25-20)19(18)22(23)29)15-10-14-6-4-5-7-17(14)24-12-15/h4-7,10-13H,8-9H2,1-3H3,(H2,23,29)(H,25,26). The van der Waals surface area contributed by atoms with E-state index in [4.69, 9.17) is 5.73 Å². The first kappa shape index (κ1) is 18.9. The van der Waals surface area contributed by atoms with Crippen molar-refractivity contribution in [2.75, 3.05) is 39.1 Å². The molecule has 0 saturated carbocycles. The van der Waals surface area contributed by atoms with E-state index in [0.717, 1.165) is 40.8 Å². The van der Waals surface area contributed by atoms with Crippen LogP contribution < -0.4 is 10.6 Å². The number of pyridine rings is 1. The summed E-state index contributed by atoms with van der Waals surface area (Å²) >= 11 is 0. The number of para-hydroxylation sites is 1. The van der Waals surface area contributed by atoms with E-state index in [0.29, 0.717) is 16.6 Å². The van der Waals surface area contributed by atoms with Gasteiger partial charge in [0.1, 0.15) is 0 Å². The van der Waals surface area contributed by atoms with Crippen LogP contribution in [0.1, 0.15) is 10.4 Å². The van der Waals surface area contributed by atoms with E-state index >= 15 is 0 Å². The maximum absolute atomic E-state index is 12.3. The number of aromatic nitrogens is 3. The molecule has 0 saturated heterocycles. The number of rotatable bonds is 6. The number of nitrogens with two attached hydrogens (primary N) is 1. The minimum absolute atomic E-state index is 0.455. The monoisotopic (exact) mass is 388 g/mol. The molecule has 0 aliphatic carbocycles. The van der Waals surface area contributed by atoms with Gasteiger partial charge in [-0.1, -0.05) is 18.2 Å². The smallest absolute Gasteiger partial charge is 0.253 e. The molecule has 7 nitrogen and oxygen atoms in total. The van der Waals surface area contributed by atoms with Gasteiger partial charge in [0, 0.05) is 42.8 Å². The number of aromatic amines is 1. The summed E-state index contributed by atoms with van der Waals surface area (Å²) in [6, 6.07) is 12.1. The average molecular weight is 388 g/mol. The number of hydrogen-bond donors (Lipinski definition) is 2. The molecule has 7 heteroatoms. The highest BCUT2D eigenvalue weighted by Crippen LogP contribution is 2.36. The van der Waals surface area contributed by atoms with Crippen LogP contribution in [0.4, 0.5) is 5.69 Å². The zero-order valence-corrected chi connectivity index (χ0v) is 16.8. The van der Waals surface area contributed by atoms with Crippen molar-refractivity contribution < 1.29 is 4.79 Å². The third kappa shape index (κ3) is 3.52. The number of nitrogens with one attached hydrogen (secondary N) is 1. The van der Waals surface area contributed by atoms with Crippen molar-refractivity contribution in [2.24, 2.45) is 5.73 Å². The summed E-state index contributed by atoms with van der Waals surface area (Å²) in [6.07, 6.45) is 3.44. The Bertz CT molecular complexity index is 1200. The van der Waals surface area contributed by atoms with Crippen LogP contribution in [0.15, 0.2) is 48.9 Å². The van der Waals surface area contributed by atoms with Crippen LogP contribution in [-0.4, -0.2) is 60.0 Å². The van der Waals surface area contributed by atoms with E-state index < -0.39 is 5.91 Å². The van der Waals surface area contributed by atoms with Gasteiger partial charge >= 0.3 is 0 Å². The molecule has 0 atom stereocenters. The molecule has 0 spiro atoms. The second-order valence-corrected chi connectivity index (χ2v) is 7.45. The number of fused-ring (bicyclic) bond motifs is 2. The number of carbonyl (C=O) groups is 1. The minimum atomic E-state index is -0.478. The van der Waals surface area contributed by atoms with Gasteiger partial charge in [0.25, 0.3) is 5.91 Å². The lowest BCUT2D eigenvalue weighted by molar-refractivity contribution is 0.100. The molecule has 1 amide bonds. The SMILES string of the molecule is CN(C)CCN(C)c1cc(-c2cnc3ccccc3c2)c2nc[nH]c2c1C(N)=O. The fraction of sp³-hybridized carbons (Fsp3) is 0.227. The number of amides is 1. The largest absolute Gasteiger partial charge is 0.373 e. The normalized spacial score (nSPS) is 11.4. The van der Waals surface area contributed by atoms with Crippen molar-refractivity contribution >= 4 is 33.5 Å². The van der Waals surface area contributed by atoms with E-state index in [2.05, 4.69) is 30.8 Å². The zero-order valence-electron chi connectivity index (χ0n) is 16.8. The van der Waals surface area contributed by atoms with Crippen molar-refractivity contribution in [1.82, 2.24) is 19.9 Å². The molecule has 0 radical (unpaired) electrons. The summed E-state index contributed by atoms with van der Waals surface area (Å²) in [5, 5.41) is 1.05. The third-order valence-electron chi connectivity index (χ3n) is 5.12. The van der Waals surface area contributed by atoms with Crippen molar-refractivity contribution in [2.45, 2.75) is 0 Å². The number of imidazole rings is 1.